The molecule has 0 aliphatic rings. The van der Waals surface area contributed by atoms with Crippen LogP contribution in [0.1, 0.15) is 19.4 Å². The Morgan fingerprint density at radius 2 is 1.87 bits per heavy atom. The number of benzene rings is 2. The summed E-state index contributed by atoms with van der Waals surface area (Å²) in [6.45, 7) is 7.75. The van der Waals surface area contributed by atoms with Gasteiger partial charge in [0.15, 0.2) is 5.82 Å². The Balaban J connectivity index is 1.97. The van der Waals surface area contributed by atoms with E-state index in [-0.39, 0.29) is 11.8 Å². The average molecular weight is 409 g/mol. The Bertz CT molecular complexity index is 1040. The number of likely N-dealkylation sites (N-methyl/N-ethyl adjacent to an activating group) is 2. The Morgan fingerprint density at radius 1 is 1.10 bits per heavy atom. The Morgan fingerprint density at radius 3 is 2.57 bits per heavy atom. The molecule has 0 saturated carbocycles. The monoisotopic (exact) mass is 408 g/mol. The number of hydrogen-bond acceptors (Lipinski definition) is 6. The molecule has 1 aromatic heterocycles. The van der Waals surface area contributed by atoms with Gasteiger partial charge in [-0.1, -0.05) is 18.2 Å². The summed E-state index contributed by atoms with van der Waals surface area (Å²) in [4.78, 5) is 25.2. The molecule has 0 fully saturated rings. The van der Waals surface area contributed by atoms with Crippen LogP contribution in [0, 0.1) is 6.92 Å². The molecule has 1 amide bonds. The first-order chi connectivity index (χ1) is 14.4. The number of phenols is 1. The highest BCUT2D eigenvalue weighted by Gasteiger charge is 2.17. The van der Waals surface area contributed by atoms with Gasteiger partial charge < -0.3 is 19.6 Å². The standard InChI is InChI=1S/C23H28N4O3/c1-5-27(23(29)30-6-2)14-13-26(4)22-17-12-11-16(3)15-19(17)24-21(25-22)18-9-7-8-10-20(18)28/h7-12,15,28H,5-6,13-14H2,1-4H3. The number of ether oxygens (including phenoxy) is 1. The van der Waals surface area contributed by atoms with Gasteiger partial charge in [0.05, 0.1) is 17.7 Å². The minimum atomic E-state index is -0.313. The summed E-state index contributed by atoms with van der Waals surface area (Å²) in [5, 5.41) is 11.2. The van der Waals surface area contributed by atoms with Gasteiger partial charge in [-0.3, -0.25) is 0 Å². The van der Waals surface area contributed by atoms with Crippen LogP contribution in [-0.4, -0.2) is 59.4 Å². The second-order valence-corrected chi connectivity index (χ2v) is 7.11. The number of aryl methyl sites for hydroxylation is 1. The van der Waals surface area contributed by atoms with Crippen molar-refractivity contribution in [3.63, 3.8) is 0 Å². The number of phenolic OH excluding ortho intramolecular Hbond substituents is 1. The Labute approximate surface area is 176 Å². The Kier molecular flexibility index (Phi) is 6.72. The molecule has 0 unspecified atom stereocenters. The van der Waals surface area contributed by atoms with Crippen LogP contribution >= 0.6 is 0 Å². The predicted molar refractivity (Wildman–Crippen MR) is 119 cm³/mol. The molecule has 7 heteroatoms. The van der Waals surface area contributed by atoms with Gasteiger partial charge in [-0.25, -0.2) is 14.8 Å². The third kappa shape index (κ3) is 4.62. The fraction of sp³-hybridized carbons (Fsp3) is 0.348. The van der Waals surface area contributed by atoms with Gasteiger partial charge in [-0.2, -0.15) is 0 Å². The first-order valence-corrected chi connectivity index (χ1v) is 10.1. The molecule has 1 heterocycles. The number of carbonyl (C=O) groups excluding carboxylic acids is 1. The van der Waals surface area contributed by atoms with E-state index in [2.05, 4.69) is 0 Å². The molecular formula is C23H28N4O3. The number of hydrogen-bond donors (Lipinski definition) is 1. The number of fused-ring (bicyclic) bond motifs is 1. The molecule has 30 heavy (non-hydrogen) atoms. The van der Waals surface area contributed by atoms with Crippen LogP contribution in [0.25, 0.3) is 22.3 Å². The number of para-hydroxylation sites is 1. The quantitative estimate of drug-likeness (QED) is 0.630. The highest BCUT2D eigenvalue weighted by molar-refractivity contribution is 5.91. The molecule has 0 spiro atoms. The third-order valence-corrected chi connectivity index (χ3v) is 4.95. The van der Waals surface area contributed by atoms with E-state index in [9.17, 15) is 9.90 Å². The molecular weight excluding hydrogens is 380 g/mol. The van der Waals surface area contributed by atoms with Crippen molar-refractivity contribution in [2.45, 2.75) is 20.8 Å². The second kappa shape index (κ2) is 9.43. The molecule has 2 aromatic carbocycles. The average Bonchev–Trinajstić information content (AvgIpc) is 2.73. The minimum Gasteiger partial charge on any atom is -0.507 e. The zero-order valence-corrected chi connectivity index (χ0v) is 17.9. The van der Waals surface area contributed by atoms with E-state index >= 15 is 0 Å². The maximum absolute atomic E-state index is 12.1. The van der Waals surface area contributed by atoms with Crippen molar-refractivity contribution in [2.75, 3.05) is 38.2 Å². The summed E-state index contributed by atoms with van der Waals surface area (Å²) < 4.78 is 5.12. The second-order valence-electron chi connectivity index (χ2n) is 7.11. The van der Waals surface area contributed by atoms with E-state index in [0.29, 0.717) is 37.6 Å². The number of nitrogens with zero attached hydrogens (tertiary/aromatic N) is 4. The van der Waals surface area contributed by atoms with Crippen LogP contribution in [0.2, 0.25) is 0 Å². The lowest BCUT2D eigenvalue weighted by Gasteiger charge is -2.25. The third-order valence-electron chi connectivity index (χ3n) is 4.95. The number of aromatic nitrogens is 2. The van der Waals surface area contributed by atoms with Crippen LogP contribution in [-0.2, 0) is 4.74 Å². The highest BCUT2D eigenvalue weighted by atomic mass is 16.6. The van der Waals surface area contributed by atoms with E-state index in [4.69, 9.17) is 14.7 Å². The number of rotatable bonds is 7. The molecule has 0 aliphatic heterocycles. The lowest BCUT2D eigenvalue weighted by molar-refractivity contribution is 0.110. The first kappa shape index (κ1) is 21.4. The normalized spacial score (nSPS) is 10.8. The maximum Gasteiger partial charge on any atom is 0.409 e. The first-order valence-electron chi connectivity index (χ1n) is 10.1. The molecule has 0 atom stereocenters. The highest BCUT2D eigenvalue weighted by Crippen LogP contribution is 2.31. The molecule has 0 saturated heterocycles. The molecule has 1 N–H and O–H groups in total. The summed E-state index contributed by atoms with van der Waals surface area (Å²) in [5.41, 5.74) is 2.48. The van der Waals surface area contributed by atoms with Gasteiger partial charge in [0, 0.05) is 32.1 Å². The zero-order valence-electron chi connectivity index (χ0n) is 17.9. The summed E-state index contributed by atoms with van der Waals surface area (Å²) in [5.74, 6) is 1.35. The SMILES string of the molecule is CCOC(=O)N(CC)CCN(C)c1nc(-c2ccccc2O)nc2cc(C)ccc12. The van der Waals surface area contributed by atoms with Gasteiger partial charge >= 0.3 is 6.09 Å². The fourth-order valence-electron chi connectivity index (χ4n) is 3.27. The van der Waals surface area contributed by atoms with E-state index in [1.165, 1.54) is 0 Å². The van der Waals surface area contributed by atoms with Crippen molar-refractivity contribution in [1.82, 2.24) is 14.9 Å². The molecule has 7 nitrogen and oxygen atoms in total. The summed E-state index contributed by atoms with van der Waals surface area (Å²) in [7, 11) is 1.94. The molecule has 0 aliphatic carbocycles. The van der Waals surface area contributed by atoms with E-state index < -0.39 is 0 Å². The molecule has 3 rings (SSSR count). The van der Waals surface area contributed by atoms with Crippen molar-refractivity contribution in [3.8, 4) is 17.1 Å². The number of anilines is 1. The van der Waals surface area contributed by atoms with E-state index in [1.54, 1.807) is 30.0 Å². The van der Waals surface area contributed by atoms with Crippen LogP contribution in [0.3, 0.4) is 0 Å². The van der Waals surface area contributed by atoms with Crippen molar-refractivity contribution < 1.29 is 14.6 Å². The van der Waals surface area contributed by atoms with Gasteiger partial charge in [-0.05, 0) is 50.6 Å². The summed E-state index contributed by atoms with van der Waals surface area (Å²) >= 11 is 0. The van der Waals surface area contributed by atoms with Gasteiger partial charge in [-0.15, -0.1) is 0 Å². The molecule has 3 aromatic rings. The van der Waals surface area contributed by atoms with Crippen LogP contribution in [0.15, 0.2) is 42.5 Å². The smallest absolute Gasteiger partial charge is 0.409 e. The Hall–Kier alpha value is -3.35. The predicted octanol–water partition coefficient (Wildman–Crippen LogP) is 4.23. The van der Waals surface area contributed by atoms with E-state index in [0.717, 1.165) is 22.3 Å². The van der Waals surface area contributed by atoms with Crippen LogP contribution in [0.5, 0.6) is 5.75 Å². The lowest BCUT2D eigenvalue weighted by Crippen LogP contribution is -2.38. The number of aromatic hydroxyl groups is 1. The van der Waals surface area contributed by atoms with Crippen LogP contribution in [0.4, 0.5) is 10.6 Å². The number of amides is 1. The number of carbonyl (C=O) groups is 1. The maximum atomic E-state index is 12.1. The van der Waals surface area contributed by atoms with Crippen molar-refractivity contribution in [2.24, 2.45) is 0 Å². The van der Waals surface area contributed by atoms with Crippen molar-refractivity contribution in [1.29, 1.82) is 0 Å². The molecule has 158 valence electrons. The van der Waals surface area contributed by atoms with Gasteiger partial charge in [0.25, 0.3) is 0 Å². The zero-order chi connectivity index (χ0) is 21.7. The summed E-state index contributed by atoms with van der Waals surface area (Å²) in [6.07, 6.45) is -0.313. The topological polar surface area (TPSA) is 78.8 Å². The van der Waals surface area contributed by atoms with Crippen molar-refractivity contribution >= 4 is 22.8 Å². The minimum absolute atomic E-state index is 0.137. The summed E-state index contributed by atoms with van der Waals surface area (Å²) in [6, 6.07) is 13.1. The largest absolute Gasteiger partial charge is 0.507 e. The lowest BCUT2D eigenvalue weighted by atomic mass is 10.1. The molecule has 0 radical (unpaired) electrons. The van der Waals surface area contributed by atoms with Gasteiger partial charge in [0.1, 0.15) is 11.6 Å². The fourth-order valence-corrected chi connectivity index (χ4v) is 3.27. The molecule has 0 bridgehead atoms. The van der Waals surface area contributed by atoms with E-state index in [1.807, 2.05) is 50.1 Å². The van der Waals surface area contributed by atoms with Crippen molar-refractivity contribution in [3.05, 3.63) is 48.0 Å². The van der Waals surface area contributed by atoms with Crippen LogP contribution < -0.4 is 4.90 Å². The van der Waals surface area contributed by atoms with Gasteiger partial charge in [0.2, 0.25) is 0 Å².